The van der Waals surface area contributed by atoms with Crippen LogP contribution in [0.2, 0.25) is 10.0 Å². The molecule has 0 spiro atoms. The highest BCUT2D eigenvalue weighted by molar-refractivity contribution is 7.80. The van der Waals surface area contributed by atoms with Gasteiger partial charge in [-0.25, -0.2) is 0 Å². The standard InChI is InChI=1S/C10H11Cl2N3O2S/c1-13-10(18)15-14-9(16)5-17-8-4-6(11)2-3-7(8)12/h2-4H,5H2,1H3,(H,14,16)(H2,13,15,18). The number of rotatable bonds is 3. The largest absolute Gasteiger partial charge is 0.482 e. The number of carbonyl (C=O) groups is 1. The average molecular weight is 308 g/mol. The predicted octanol–water partition coefficient (Wildman–Crippen LogP) is 1.50. The number of hydrogen-bond acceptors (Lipinski definition) is 3. The first kappa shape index (κ1) is 14.8. The summed E-state index contributed by atoms with van der Waals surface area (Å²) in [5.74, 6) is -0.0563. The molecule has 18 heavy (non-hydrogen) atoms. The number of hydrogen-bond donors (Lipinski definition) is 3. The second kappa shape index (κ2) is 7.25. The molecule has 0 fully saturated rings. The van der Waals surface area contributed by atoms with Crippen molar-refractivity contribution in [1.29, 1.82) is 0 Å². The van der Waals surface area contributed by atoms with Gasteiger partial charge in [-0.05, 0) is 24.4 Å². The number of ether oxygens (including phenoxy) is 1. The molecule has 98 valence electrons. The molecule has 8 heteroatoms. The van der Waals surface area contributed by atoms with Crippen LogP contribution in [0.4, 0.5) is 0 Å². The van der Waals surface area contributed by atoms with Crippen LogP contribution < -0.4 is 20.9 Å². The minimum Gasteiger partial charge on any atom is -0.482 e. The van der Waals surface area contributed by atoms with Crippen LogP contribution in [-0.4, -0.2) is 24.7 Å². The summed E-state index contributed by atoms with van der Waals surface area (Å²) in [4.78, 5) is 11.4. The van der Waals surface area contributed by atoms with Crippen LogP contribution in [0.25, 0.3) is 0 Å². The Balaban J connectivity index is 2.42. The van der Waals surface area contributed by atoms with Crippen molar-refractivity contribution in [2.24, 2.45) is 0 Å². The van der Waals surface area contributed by atoms with Gasteiger partial charge in [0, 0.05) is 18.1 Å². The molecule has 1 amide bonds. The number of carbonyl (C=O) groups excluding carboxylic acids is 1. The number of amides is 1. The monoisotopic (exact) mass is 307 g/mol. The van der Waals surface area contributed by atoms with Crippen molar-refractivity contribution in [2.75, 3.05) is 13.7 Å². The number of thiocarbonyl (C=S) groups is 1. The predicted molar refractivity (Wildman–Crippen MR) is 74.9 cm³/mol. The van der Waals surface area contributed by atoms with Crippen molar-refractivity contribution >= 4 is 46.4 Å². The molecule has 0 radical (unpaired) electrons. The van der Waals surface area contributed by atoms with Gasteiger partial charge in [0.1, 0.15) is 5.75 Å². The Labute approximate surface area is 120 Å². The van der Waals surface area contributed by atoms with E-state index in [0.29, 0.717) is 20.9 Å². The third-order valence-electron chi connectivity index (χ3n) is 1.79. The van der Waals surface area contributed by atoms with Crippen molar-refractivity contribution in [3.8, 4) is 5.75 Å². The lowest BCUT2D eigenvalue weighted by molar-refractivity contribution is -0.123. The molecule has 0 unspecified atom stereocenters. The van der Waals surface area contributed by atoms with Crippen molar-refractivity contribution in [3.63, 3.8) is 0 Å². The summed E-state index contributed by atoms with van der Waals surface area (Å²) in [6.45, 7) is -0.209. The average Bonchev–Trinajstić information content (AvgIpc) is 2.36. The Morgan fingerprint density at radius 2 is 2.11 bits per heavy atom. The summed E-state index contributed by atoms with van der Waals surface area (Å²) in [5, 5.41) is 3.79. The van der Waals surface area contributed by atoms with E-state index in [1.807, 2.05) is 0 Å². The topological polar surface area (TPSA) is 62.4 Å². The maximum Gasteiger partial charge on any atom is 0.276 e. The van der Waals surface area contributed by atoms with Crippen LogP contribution in [0, 0.1) is 0 Å². The van der Waals surface area contributed by atoms with E-state index < -0.39 is 5.91 Å². The molecule has 0 aliphatic rings. The summed E-state index contributed by atoms with van der Waals surface area (Å²) in [5.41, 5.74) is 4.82. The van der Waals surface area contributed by atoms with E-state index in [0.717, 1.165) is 0 Å². The van der Waals surface area contributed by atoms with Gasteiger partial charge in [-0.15, -0.1) is 0 Å². The van der Waals surface area contributed by atoms with Crippen LogP contribution in [0.15, 0.2) is 18.2 Å². The summed E-state index contributed by atoms with van der Waals surface area (Å²) >= 11 is 16.4. The van der Waals surface area contributed by atoms with Gasteiger partial charge in [0.05, 0.1) is 5.02 Å². The highest BCUT2D eigenvalue weighted by atomic mass is 35.5. The van der Waals surface area contributed by atoms with E-state index in [1.165, 1.54) is 6.07 Å². The van der Waals surface area contributed by atoms with E-state index in [-0.39, 0.29) is 6.61 Å². The van der Waals surface area contributed by atoms with Crippen molar-refractivity contribution in [3.05, 3.63) is 28.2 Å². The first-order valence-corrected chi connectivity index (χ1v) is 6.03. The van der Waals surface area contributed by atoms with E-state index in [2.05, 4.69) is 16.2 Å². The lowest BCUT2D eigenvalue weighted by atomic mass is 10.3. The zero-order chi connectivity index (χ0) is 13.5. The normalized spacial score (nSPS) is 9.50. The number of nitrogens with one attached hydrogen (secondary N) is 3. The molecule has 3 N–H and O–H groups in total. The zero-order valence-corrected chi connectivity index (χ0v) is 11.7. The van der Waals surface area contributed by atoms with E-state index >= 15 is 0 Å². The molecule has 0 saturated heterocycles. The van der Waals surface area contributed by atoms with Gasteiger partial charge >= 0.3 is 0 Å². The van der Waals surface area contributed by atoms with Crippen LogP contribution >= 0.6 is 35.4 Å². The van der Waals surface area contributed by atoms with Crippen molar-refractivity contribution in [1.82, 2.24) is 16.2 Å². The number of hydrazine groups is 1. The van der Waals surface area contributed by atoms with Gasteiger partial charge in [0.25, 0.3) is 5.91 Å². The fourth-order valence-corrected chi connectivity index (χ4v) is 1.34. The van der Waals surface area contributed by atoms with Crippen molar-refractivity contribution in [2.45, 2.75) is 0 Å². The first-order chi connectivity index (χ1) is 8.52. The molecule has 0 aromatic heterocycles. The third kappa shape index (κ3) is 4.95. The maximum atomic E-state index is 11.4. The Hall–Kier alpha value is -1.24. The minimum atomic E-state index is -0.399. The van der Waals surface area contributed by atoms with Gasteiger partial charge < -0.3 is 10.1 Å². The highest BCUT2D eigenvalue weighted by Gasteiger charge is 2.06. The van der Waals surface area contributed by atoms with Crippen LogP contribution in [0.5, 0.6) is 5.75 Å². The lowest BCUT2D eigenvalue weighted by Gasteiger charge is -2.10. The lowest BCUT2D eigenvalue weighted by Crippen LogP contribution is -2.47. The molecule has 0 aliphatic carbocycles. The van der Waals surface area contributed by atoms with E-state index in [1.54, 1.807) is 19.2 Å². The Morgan fingerprint density at radius 1 is 1.39 bits per heavy atom. The molecule has 0 aliphatic heterocycles. The Morgan fingerprint density at radius 3 is 2.78 bits per heavy atom. The smallest absolute Gasteiger partial charge is 0.276 e. The maximum absolute atomic E-state index is 11.4. The molecule has 5 nitrogen and oxygen atoms in total. The summed E-state index contributed by atoms with van der Waals surface area (Å²) in [6.07, 6.45) is 0. The Kier molecular flexibility index (Phi) is 5.97. The molecule has 1 rings (SSSR count). The summed E-state index contributed by atoms with van der Waals surface area (Å²) in [7, 11) is 1.63. The SMILES string of the molecule is CNC(=S)NNC(=O)COc1cc(Cl)ccc1Cl. The van der Waals surface area contributed by atoms with Crippen LogP contribution in [0.1, 0.15) is 0 Å². The summed E-state index contributed by atoms with van der Waals surface area (Å²) in [6, 6.07) is 4.75. The molecule has 1 aromatic rings. The molecule has 1 aromatic carbocycles. The molecule has 0 bridgehead atoms. The van der Waals surface area contributed by atoms with Gasteiger partial charge in [-0.1, -0.05) is 23.2 Å². The van der Waals surface area contributed by atoms with Gasteiger partial charge in [0.2, 0.25) is 0 Å². The molecular weight excluding hydrogens is 297 g/mol. The van der Waals surface area contributed by atoms with Crippen LogP contribution in [-0.2, 0) is 4.79 Å². The first-order valence-electron chi connectivity index (χ1n) is 4.87. The molecule has 0 heterocycles. The zero-order valence-electron chi connectivity index (χ0n) is 9.42. The fourth-order valence-electron chi connectivity index (χ4n) is 0.956. The van der Waals surface area contributed by atoms with E-state index in [9.17, 15) is 4.79 Å². The molecule has 0 saturated carbocycles. The molecule has 0 atom stereocenters. The minimum absolute atomic E-state index is 0.209. The second-order valence-electron chi connectivity index (χ2n) is 3.12. The quantitative estimate of drug-likeness (QED) is 0.583. The second-order valence-corrected chi connectivity index (χ2v) is 4.37. The Bertz CT molecular complexity index is 457. The highest BCUT2D eigenvalue weighted by Crippen LogP contribution is 2.27. The van der Waals surface area contributed by atoms with Gasteiger partial charge in [-0.3, -0.25) is 15.6 Å². The number of benzene rings is 1. The number of halogens is 2. The molecular formula is C10H11Cl2N3O2S. The van der Waals surface area contributed by atoms with Crippen LogP contribution in [0.3, 0.4) is 0 Å². The fraction of sp³-hybridized carbons (Fsp3) is 0.200. The third-order valence-corrected chi connectivity index (χ3v) is 2.65. The van der Waals surface area contributed by atoms with E-state index in [4.69, 9.17) is 40.2 Å². The van der Waals surface area contributed by atoms with Crippen molar-refractivity contribution < 1.29 is 9.53 Å². The van der Waals surface area contributed by atoms with Gasteiger partial charge in [0.15, 0.2) is 11.7 Å². The summed E-state index contributed by atoms with van der Waals surface area (Å²) < 4.78 is 5.21. The van der Waals surface area contributed by atoms with Gasteiger partial charge in [-0.2, -0.15) is 0 Å².